The standard InChI is InChI=1S/C20H24ClN5O3/c1-2-29-18(27)12-17(24-20(28)19(22)25-26-23)10-13-6-8-14(9-7-13)15-4-3-5-16(21)11-15/h3-9,11,17,26H,2,10,12,23H2,1H3,(H2,22,25)(H,24,28). The minimum absolute atomic E-state index is 0.00103. The molecule has 8 nitrogen and oxygen atoms in total. The SMILES string of the molecule is CCOC(=O)CC(Cc1ccc(-c2cccc(Cl)c2)cc1)NC(=O)/C(N)=N/NN. The lowest BCUT2D eigenvalue weighted by molar-refractivity contribution is -0.143. The molecular formula is C20H24ClN5O3. The van der Waals surface area contributed by atoms with Crippen LogP contribution in [0.5, 0.6) is 0 Å². The molecule has 0 fully saturated rings. The van der Waals surface area contributed by atoms with Crippen LogP contribution in [0.1, 0.15) is 18.9 Å². The Morgan fingerprint density at radius 1 is 1.17 bits per heavy atom. The van der Waals surface area contributed by atoms with E-state index in [-0.39, 0.29) is 18.9 Å². The molecule has 2 aromatic rings. The summed E-state index contributed by atoms with van der Waals surface area (Å²) in [5, 5.41) is 6.78. The van der Waals surface area contributed by atoms with Crippen molar-refractivity contribution in [1.82, 2.24) is 10.9 Å². The molecule has 0 spiro atoms. The molecule has 1 unspecified atom stereocenters. The number of halogens is 1. The summed E-state index contributed by atoms with van der Waals surface area (Å²) >= 11 is 6.05. The minimum atomic E-state index is -0.632. The fourth-order valence-electron chi connectivity index (χ4n) is 2.76. The molecule has 0 aromatic heterocycles. The van der Waals surface area contributed by atoms with Crippen molar-refractivity contribution in [3.8, 4) is 11.1 Å². The molecule has 0 saturated heterocycles. The third kappa shape index (κ3) is 7.10. The van der Waals surface area contributed by atoms with E-state index in [1.54, 1.807) is 6.92 Å². The number of hydrazine groups is 1. The summed E-state index contributed by atoms with van der Waals surface area (Å²) in [7, 11) is 0. The second kappa shape index (κ2) is 11.0. The van der Waals surface area contributed by atoms with Gasteiger partial charge in [0.05, 0.1) is 13.0 Å². The van der Waals surface area contributed by atoms with Gasteiger partial charge in [-0.15, -0.1) is 5.10 Å². The molecule has 0 aliphatic carbocycles. The Hall–Kier alpha value is -3.10. The lowest BCUT2D eigenvalue weighted by Gasteiger charge is -2.18. The van der Waals surface area contributed by atoms with Gasteiger partial charge in [-0.1, -0.05) is 48.0 Å². The lowest BCUT2D eigenvalue weighted by atomic mass is 9.99. The van der Waals surface area contributed by atoms with E-state index in [4.69, 9.17) is 27.9 Å². The fourth-order valence-corrected chi connectivity index (χ4v) is 2.95. The number of benzene rings is 2. The van der Waals surface area contributed by atoms with Crippen molar-refractivity contribution in [2.75, 3.05) is 6.61 Å². The van der Waals surface area contributed by atoms with Gasteiger partial charge in [-0.05, 0) is 42.2 Å². The number of amidine groups is 1. The predicted molar refractivity (Wildman–Crippen MR) is 113 cm³/mol. The lowest BCUT2D eigenvalue weighted by Crippen LogP contribution is -2.45. The molecule has 29 heavy (non-hydrogen) atoms. The van der Waals surface area contributed by atoms with Crippen LogP contribution in [-0.2, 0) is 20.7 Å². The number of rotatable bonds is 8. The van der Waals surface area contributed by atoms with Crippen molar-refractivity contribution in [2.45, 2.75) is 25.8 Å². The van der Waals surface area contributed by atoms with Gasteiger partial charge >= 0.3 is 5.97 Å². The molecule has 154 valence electrons. The number of ether oxygens (including phenoxy) is 1. The van der Waals surface area contributed by atoms with Crippen LogP contribution in [0.4, 0.5) is 0 Å². The predicted octanol–water partition coefficient (Wildman–Crippen LogP) is 1.72. The normalized spacial score (nSPS) is 12.2. The highest BCUT2D eigenvalue weighted by Crippen LogP contribution is 2.23. The molecule has 0 aliphatic heterocycles. The Morgan fingerprint density at radius 3 is 2.52 bits per heavy atom. The van der Waals surface area contributed by atoms with Gasteiger partial charge in [-0.25, -0.2) is 11.4 Å². The summed E-state index contributed by atoms with van der Waals surface area (Å²) in [6.07, 6.45) is 0.405. The number of carbonyl (C=O) groups excluding carboxylic acids is 2. The number of hydrazone groups is 1. The first-order valence-corrected chi connectivity index (χ1v) is 9.40. The number of nitrogens with two attached hydrogens (primary N) is 2. The Morgan fingerprint density at radius 2 is 1.90 bits per heavy atom. The van der Waals surface area contributed by atoms with Gasteiger partial charge in [-0.2, -0.15) is 0 Å². The molecule has 0 radical (unpaired) electrons. The van der Waals surface area contributed by atoms with Crippen LogP contribution >= 0.6 is 11.6 Å². The highest BCUT2D eigenvalue weighted by atomic mass is 35.5. The topological polar surface area (TPSA) is 132 Å². The number of hydrogen-bond acceptors (Lipinski definition) is 6. The first kappa shape index (κ1) is 22.2. The average Bonchev–Trinajstić information content (AvgIpc) is 2.68. The quantitative estimate of drug-likeness (QED) is 0.170. The average molecular weight is 418 g/mol. The summed E-state index contributed by atoms with van der Waals surface area (Å²) in [6, 6.07) is 14.8. The molecule has 9 heteroatoms. The molecule has 0 bridgehead atoms. The maximum Gasteiger partial charge on any atom is 0.307 e. The van der Waals surface area contributed by atoms with Gasteiger partial charge in [-0.3, -0.25) is 9.59 Å². The van der Waals surface area contributed by atoms with E-state index in [0.717, 1.165) is 16.7 Å². The van der Waals surface area contributed by atoms with Crippen molar-refractivity contribution in [1.29, 1.82) is 0 Å². The van der Waals surface area contributed by atoms with Gasteiger partial charge in [0.2, 0.25) is 5.84 Å². The van der Waals surface area contributed by atoms with Crippen molar-refractivity contribution in [3.63, 3.8) is 0 Å². The van der Waals surface area contributed by atoms with Crippen LogP contribution in [-0.4, -0.2) is 30.4 Å². The number of carbonyl (C=O) groups is 2. The van der Waals surface area contributed by atoms with Crippen molar-refractivity contribution < 1.29 is 14.3 Å². The number of nitrogens with one attached hydrogen (secondary N) is 2. The molecule has 1 atom stereocenters. The monoisotopic (exact) mass is 417 g/mol. The summed E-state index contributed by atoms with van der Waals surface area (Å²) in [6.45, 7) is 1.98. The highest BCUT2D eigenvalue weighted by Gasteiger charge is 2.20. The van der Waals surface area contributed by atoms with Crippen LogP contribution in [0.15, 0.2) is 53.6 Å². The second-order valence-corrected chi connectivity index (χ2v) is 6.65. The third-order valence-corrected chi connectivity index (χ3v) is 4.30. The Labute approximate surface area is 174 Å². The molecule has 0 aliphatic rings. The Kier molecular flexibility index (Phi) is 8.45. The number of nitrogens with zero attached hydrogens (tertiary/aromatic N) is 1. The molecule has 0 heterocycles. The molecule has 1 amide bonds. The zero-order valence-electron chi connectivity index (χ0n) is 16.0. The minimum Gasteiger partial charge on any atom is -0.466 e. The molecule has 6 N–H and O–H groups in total. The maximum atomic E-state index is 12.1. The fraction of sp³-hybridized carbons (Fsp3) is 0.250. The molecule has 0 saturated carbocycles. The number of hydrogen-bond donors (Lipinski definition) is 4. The number of esters is 1. The van der Waals surface area contributed by atoms with Gasteiger partial charge in [0.1, 0.15) is 0 Å². The van der Waals surface area contributed by atoms with E-state index in [2.05, 4.69) is 10.4 Å². The molecule has 2 rings (SSSR count). The maximum absolute atomic E-state index is 12.1. The van der Waals surface area contributed by atoms with Crippen LogP contribution in [0, 0.1) is 0 Å². The first-order chi connectivity index (χ1) is 13.9. The van der Waals surface area contributed by atoms with Crippen LogP contribution in [0.2, 0.25) is 5.02 Å². The molecule has 2 aromatic carbocycles. The Balaban J connectivity index is 2.13. The Bertz CT molecular complexity index is 871. The largest absolute Gasteiger partial charge is 0.466 e. The van der Waals surface area contributed by atoms with Gasteiger partial charge in [0.15, 0.2) is 0 Å². The van der Waals surface area contributed by atoms with E-state index in [9.17, 15) is 9.59 Å². The smallest absolute Gasteiger partial charge is 0.307 e. The van der Waals surface area contributed by atoms with Gasteiger partial charge in [0, 0.05) is 11.1 Å². The summed E-state index contributed by atoms with van der Waals surface area (Å²) in [4.78, 5) is 24.0. The van der Waals surface area contributed by atoms with E-state index >= 15 is 0 Å². The van der Waals surface area contributed by atoms with Crippen LogP contribution in [0.25, 0.3) is 11.1 Å². The van der Waals surface area contributed by atoms with Gasteiger partial charge in [0.25, 0.3) is 5.91 Å². The first-order valence-electron chi connectivity index (χ1n) is 9.03. The summed E-state index contributed by atoms with van der Waals surface area (Å²) in [5.74, 6) is 3.65. The van der Waals surface area contributed by atoms with E-state index in [0.29, 0.717) is 11.4 Å². The van der Waals surface area contributed by atoms with Crippen molar-refractivity contribution >= 4 is 29.3 Å². The van der Waals surface area contributed by atoms with Crippen molar-refractivity contribution in [3.05, 3.63) is 59.1 Å². The van der Waals surface area contributed by atoms with E-state index in [1.165, 1.54) is 0 Å². The van der Waals surface area contributed by atoms with E-state index in [1.807, 2.05) is 54.1 Å². The second-order valence-electron chi connectivity index (χ2n) is 6.22. The zero-order valence-corrected chi connectivity index (χ0v) is 16.8. The summed E-state index contributed by atoms with van der Waals surface area (Å²) < 4.78 is 4.99. The van der Waals surface area contributed by atoms with Gasteiger partial charge < -0.3 is 15.8 Å². The highest BCUT2D eigenvalue weighted by molar-refractivity contribution is 6.37. The van der Waals surface area contributed by atoms with Crippen LogP contribution < -0.4 is 22.4 Å². The zero-order chi connectivity index (χ0) is 21.2. The number of amides is 1. The van der Waals surface area contributed by atoms with E-state index < -0.39 is 17.9 Å². The van der Waals surface area contributed by atoms with Crippen LogP contribution in [0.3, 0.4) is 0 Å². The third-order valence-electron chi connectivity index (χ3n) is 4.07. The van der Waals surface area contributed by atoms with Crippen molar-refractivity contribution in [2.24, 2.45) is 16.7 Å². The molecular weight excluding hydrogens is 394 g/mol. The summed E-state index contributed by atoms with van der Waals surface area (Å²) in [5.41, 5.74) is 10.4.